The zero-order valence-electron chi connectivity index (χ0n) is 16.9. The Morgan fingerprint density at radius 2 is 2.07 bits per heavy atom. The zero-order chi connectivity index (χ0) is 19.3. The molecule has 1 atom stereocenters. The Balaban J connectivity index is 1.73. The predicted octanol–water partition coefficient (Wildman–Crippen LogP) is 2.31. The van der Waals surface area contributed by atoms with Crippen molar-refractivity contribution in [2.45, 2.75) is 18.7 Å². The lowest BCUT2D eigenvalue weighted by molar-refractivity contribution is 0.0389. The summed E-state index contributed by atoms with van der Waals surface area (Å²) in [6.07, 6.45) is 0. The summed E-state index contributed by atoms with van der Waals surface area (Å²) in [5.74, 6) is 3.34. The van der Waals surface area contributed by atoms with Crippen molar-refractivity contribution in [2.75, 3.05) is 65.3 Å². The van der Waals surface area contributed by atoms with E-state index in [2.05, 4.69) is 41.5 Å². The van der Waals surface area contributed by atoms with Crippen LogP contribution in [0.1, 0.15) is 13.8 Å². The van der Waals surface area contributed by atoms with Crippen LogP contribution in [0.4, 0.5) is 0 Å². The molecule has 2 rings (SSSR count). The zero-order valence-corrected chi connectivity index (χ0v) is 17.7. The highest BCUT2D eigenvalue weighted by Gasteiger charge is 2.10. The molecule has 1 fully saturated rings. The van der Waals surface area contributed by atoms with E-state index in [1.807, 2.05) is 23.9 Å². The molecule has 1 aromatic carbocycles. The number of para-hydroxylation sites is 1. The van der Waals surface area contributed by atoms with Gasteiger partial charge in [0.25, 0.3) is 0 Å². The molecule has 0 aromatic heterocycles. The average Bonchev–Trinajstić information content (AvgIpc) is 2.71. The van der Waals surface area contributed by atoms with Crippen LogP contribution in [-0.2, 0) is 4.74 Å². The molecular formula is C20H34N4O2S. The Hall–Kier alpha value is -1.44. The number of nitrogens with one attached hydrogen (secondary N) is 2. The van der Waals surface area contributed by atoms with E-state index < -0.39 is 0 Å². The third kappa shape index (κ3) is 8.41. The summed E-state index contributed by atoms with van der Waals surface area (Å²) in [5.41, 5.74) is 0. The lowest BCUT2D eigenvalue weighted by Crippen LogP contribution is -2.44. The van der Waals surface area contributed by atoms with Gasteiger partial charge in [-0.3, -0.25) is 9.89 Å². The van der Waals surface area contributed by atoms with Crippen LogP contribution in [0.15, 0.2) is 34.2 Å². The summed E-state index contributed by atoms with van der Waals surface area (Å²) >= 11 is 1.83. The van der Waals surface area contributed by atoms with Crippen molar-refractivity contribution in [2.24, 2.45) is 10.9 Å². The van der Waals surface area contributed by atoms with Crippen molar-refractivity contribution in [1.29, 1.82) is 0 Å². The number of hydrogen-bond acceptors (Lipinski definition) is 5. The minimum atomic E-state index is 0.481. The lowest BCUT2D eigenvalue weighted by atomic mass is 10.2. The Morgan fingerprint density at radius 1 is 1.30 bits per heavy atom. The fourth-order valence-corrected chi connectivity index (χ4v) is 3.81. The SMILES string of the molecule is CCNC(=NCC(C)CSc1ccccc1OC)NCCN1CCOCC1. The maximum atomic E-state index is 5.42. The largest absolute Gasteiger partial charge is 0.496 e. The second kappa shape index (κ2) is 12.9. The summed E-state index contributed by atoms with van der Waals surface area (Å²) < 4.78 is 10.8. The van der Waals surface area contributed by atoms with Crippen molar-refractivity contribution in [3.8, 4) is 5.75 Å². The number of aliphatic imine (C=N–C) groups is 1. The second-order valence-electron chi connectivity index (χ2n) is 6.67. The number of rotatable bonds is 10. The van der Waals surface area contributed by atoms with E-state index in [0.717, 1.165) is 69.9 Å². The molecule has 6 nitrogen and oxygen atoms in total. The molecule has 1 heterocycles. The van der Waals surface area contributed by atoms with Crippen molar-refractivity contribution in [3.05, 3.63) is 24.3 Å². The molecule has 1 aromatic rings. The van der Waals surface area contributed by atoms with E-state index in [-0.39, 0.29) is 0 Å². The van der Waals surface area contributed by atoms with E-state index in [0.29, 0.717) is 5.92 Å². The summed E-state index contributed by atoms with van der Waals surface area (Å²) in [6.45, 7) is 11.7. The van der Waals surface area contributed by atoms with Crippen molar-refractivity contribution >= 4 is 17.7 Å². The van der Waals surface area contributed by atoms with Crippen LogP contribution in [0.5, 0.6) is 5.75 Å². The smallest absolute Gasteiger partial charge is 0.191 e. The number of nitrogens with zero attached hydrogens (tertiary/aromatic N) is 2. The molecule has 1 unspecified atom stereocenters. The van der Waals surface area contributed by atoms with E-state index in [9.17, 15) is 0 Å². The fraction of sp³-hybridized carbons (Fsp3) is 0.650. The molecule has 0 saturated carbocycles. The maximum Gasteiger partial charge on any atom is 0.191 e. The quantitative estimate of drug-likeness (QED) is 0.361. The molecule has 2 N–H and O–H groups in total. The van der Waals surface area contributed by atoms with Gasteiger partial charge in [0.05, 0.1) is 20.3 Å². The van der Waals surface area contributed by atoms with Crippen molar-refractivity contribution in [3.63, 3.8) is 0 Å². The monoisotopic (exact) mass is 394 g/mol. The first-order valence-electron chi connectivity index (χ1n) is 9.81. The molecule has 1 saturated heterocycles. The molecule has 0 bridgehead atoms. The van der Waals surface area contributed by atoms with E-state index >= 15 is 0 Å². The van der Waals surface area contributed by atoms with Crippen LogP contribution in [0.3, 0.4) is 0 Å². The first kappa shape index (κ1) is 21.9. The van der Waals surface area contributed by atoms with Crippen molar-refractivity contribution < 1.29 is 9.47 Å². The highest BCUT2D eigenvalue weighted by Crippen LogP contribution is 2.29. The van der Waals surface area contributed by atoms with Crippen LogP contribution in [0.25, 0.3) is 0 Å². The molecule has 0 aliphatic carbocycles. The molecule has 0 spiro atoms. The lowest BCUT2D eigenvalue weighted by Gasteiger charge is -2.26. The number of guanidine groups is 1. The molecule has 0 radical (unpaired) electrons. The standard InChI is InChI=1S/C20H34N4O2S/c1-4-21-20(22-9-10-24-11-13-26-14-12-24)23-15-17(2)16-27-19-8-6-5-7-18(19)25-3/h5-8,17H,4,9-16H2,1-3H3,(H2,21,22,23). The predicted molar refractivity (Wildman–Crippen MR) is 114 cm³/mol. The van der Waals surface area contributed by atoms with Gasteiger partial charge < -0.3 is 20.1 Å². The minimum Gasteiger partial charge on any atom is -0.496 e. The Morgan fingerprint density at radius 3 is 2.81 bits per heavy atom. The third-order valence-corrected chi connectivity index (χ3v) is 5.71. The van der Waals surface area contributed by atoms with Gasteiger partial charge in [0.15, 0.2) is 5.96 Å². The van der Waals surface area contributed by atoms with Crippen LogP contribution in [-0.4, -0.2) is 76.2 Å². The molecule has 1 aliphatic heterocycles. The number of thioether (sulfide) groups is 1. The number of hydrogen-bond donors (Lipinski definition) is 2. The van der Waals surface area contributed by atoms with Gasteiger partial charge in [0, 0.05) is 49.9 Å². The van der Waals surface area contributed by atoms with Crippen LogP contribution in [0, 0.1) is 5.92 Å². The number of benzene rings is 1. The summed E-state index contributed by atoms with van der Waals surface area (Å²) in [6, 6.07) is 8.17. The molecule has 1 aliphatic rings. The van der Waals surface area contributed by atoms with Gasteiger partial charge in [-0.25, -0.2) is 0 Å². The molecule has 7 heteroatoms. The molecule has 0 amide bonds. The molecule has 152 valence electrons. The van der Waals surface area contributed by atoms with Gasteiger partial charge in [-0.2, -0.15) is 0 Å². The fourth-order valence-electron chi connectivity index (χ4n) is 2.77. The van der Waals surface area contributed by atoms with E-state index in [1.54, 1.807) is 7.11 Å². The van der Waals surface area contributed by atoms with Gasteiger partial charge in [-0.1, -0.05) is 19.1 Å². The van der Waals surface area contributed by atoms with Crippen LogP contribution >= 0.6 is 11.8 Å². The first-order valence-corrected chi connectivity index (χ1v) is 10.8. The van der Waals surface area contributed by atoms with Crippen molar-refractivity contribution in [1.82, 2.24) is 15.5 Å². The molecular weight excluding hydrogens is 360 g/mol. The number of morpholine rings is 1. The number of ether oxygens (including phenoxy) is 2. The highest BCUT2D eigenvalue weighted by molar-refractivity contribution is 7.99. The Bertz CT molecular complexity index is 565. The Kier molecular flexibility index (Phi) is 10.4. The molecule has 27 heavy (non-hydrogen) atoms. The second-order valence-corrected chi connectivity index (χ2v) is 7.73. The van der Waals surface area contributed by atoms with Crippen LogP contribution in [0.2, 0.25) is 0 Å². The average molecular weight is 395 g/mol. The third-order valence-electron chi connectivity index (χ3n) is 4.32. The summed E-state index contributed by atoms with van der Waals surface area (Å²) in [5, 5.41) is 6.78. The van der Waals surface area contributed by atoms with Gasteiger partial charge in [0.1, 0.15) is 5.75 Å². The minimum absolute atomic E-state index is 0.481. The van der Waals surface area contributed by atoms with Gasteiger partial charge in [-0.05, 0) is 25.0 Å². The Labute approximate surface area is 168 Å². The van der Waals surface area contributed by atoms with Gasteiger partial charge >= 0.3 is 0 Å². The van der Waals surface area contributed by atoms with Gasteiger partial charge in [-0.15, -0.1) is 11.8 Å². The summed E-state index contributed by atoms with van der Waals surface area (Å²) in [7, 11) is 1.72. The summed E-state index contributed by atoms with van der Waals surface area (Å²) in [4.78, 5) is 8.37. The van der Waals surface area contributed by atoms with Crippen LogP contribution < -0.4 is 15.4 Å². The van der Waals surface area contributed by atoms with E-state index in [1.165, 1.54) is 4.90 Å². The maximum absolute atomic E-state index is 5.42. The van der Waals surface area contributed by atoms with E-state index in [4.69, 9.17) is 14.5 Å². The van der Waals surface area contributed by atoms with Gasteiger partial charge in [0.2, 0.25) is 0 Å². The first-order chi connectivity index (χ1) is 13.2. The highest BCUT2D eigenvalue weighted by atomic mass is 32.2. The normalized spacial score (nSPS) is 16.8. The number of methoxy groups -OCH3 is 1. The topological polar surface area (TPSA) is 58.1 Å².